The van der Waals surface area contributed by atoms with E-state index >= 15 is 0 Å². The van der Waals surface area contributed by atoms with E-state index in [0.717, 1.165) is 19.3 Å². The highest BCUT2D eigenvalue weighted by molar-refractivity contribution is 5.87. The molecule has 0 bridgehead atoms. The van der Waals surface area contributed by atoms with Crippen molar-refractivity contribution in [1.29, 1.82) is 0 Å². The van der Waals surface area contributed by atoms with Crippen LogP contribution in [0.25, 0.3) is 0 Å². The summed E-state index contributed by atoms with van der Waals surface area (Å²) in [7, 11) is 1.59. The maximum atomic E-state index is 11.7. The van der Waals surface area contributed by atoms with E-state index in [2.05, 4.69) is 17.6 Å². The number of unbranched alkanes of at least 4 members (excludes halogenated alkanes) is 1. The molecule has 5 nitrogen and oxygen atoms in total. The zero-order valence-corrected chi connectivity index (χ0v) is 10.2. The van der Waals surface area contributed by atoms with Crippen LogP contribution in [0, 0.1) is 0 Å². The Labute approximate surface area is 96.6 Å². The van der Waals surface area contributed by atoms with Crippen molar-refractivity contribution in [1.82, 2.24) is 15.5 Å². The third-order valence-electron chi connectivity index (χ3n) is 2.97. The van der Waals surface area contributed by atoms with Gasteiger partial charge in [0.25, 0.3) is 0 Å². The Morgan fingerprint density at radius 1 is 1.50 bits per heavy atom. The fourth-order valence-corrected chi connectivity index (χ4v) is 2.05. The average Bonchev–Trinajstić information content (AvgIpc) is 2.69. The van der Waals surface area contributed by atoms with Crippen LogP contribution in [0.2, 0.25) is 0 Å². The van der Waals surface area contributed by atoms with E-state index in [1.807, 2.05) is 0 Å². The maximum Gasteiger partial charge on any atom is 0.319 e. The van der Waals surface area contributed by atoms with Crippen molar-refractivity contribution in [2.45, 2.75) is 45.3 Å². The molecule has 92 valence electrons. The number of amides is 2. The van der Waals surface area contributed by atoms with Gasteiger partial charge in [-0.05, 0) is 13.3 Å². The topological polar surface area (TPSA) is 61.4 Å². The molecule has 2 amide bonds. The smallest absolute Gasteiger partial charge is 0.319 e. The minimum Gasteiger partial charge on any atom is -0.341 e. The number of nitrogens with one attached hydrogen (secondary N) is 2. The Hall–Kier alpha value is -1.10. The van der Waals surface area contributed by atoms with Gasteiger partial charge in [-0.15, -0.1) is 0 Å². The third kappa shape index (κ3) is 2.72. The van der Waals surface area contributed by atoms with Crippen LogP contribution < -0.4 is 10.6 Å². The molecule has 1 saturated heterocycles. The summed E-state index contributed by atoms with van der Waals surface area (Å²) in [6.45, 7) is 4.21. The maximum absolute atomic E-state index is 11.7. The summed E-state index contributed by atoms with van der Waals surface area (Å²) < 4.78 is 0. The predicted octanol–water partition coefficient (Wildman–Crippen LogP) is 0.705. The van der Waals surface area contributed by atoms with Gasteiger partial charge in [-0.25, -0.2) is 4.79 Å². The Balaban J connectivity index is 2.71. The molecule has 1 rings (SSSR count). The lowest BCUT2D eigenvalue weighted by atomic mass is 10.2. The van der Waals surface area contributed by atoms with E-state index in [9.17, 15) is 9.59 Å². The summed E-state index contributed by atoms with van der Waals surface area (Å²) in [4.78, 5) is 24.8. The summed E-state index contributed by atoms with van der Waals surface area (Å²) in [5, 5.41) is 5.83. The van der Waals surface area contributed by atoms with Crippen LogP contribution in [0.4, 0.5) is 4.79 Å². The van der Waals surface area contributed by atoms with Crippen LogP contribution in [-0.2, 0) is 4.79 Å². The van der Waals surface area contributed by atoms with Crippen LogP contribution in [0.1, 0.15) is 33.1 Å². The normalized spacial score (nSPS) is 24.6. The molecule has 0 saturated carbocycles. The van der Waals surface area contributed by atoms with Crippen LogP contribution in [0.15, 0.2) is 0 Å². The van der Waals surface area contributed by atoms with Gasteiger partial charge in [0.1, 0.15) is 6.04 Å². The molecule has 2 N–H and O–H groups in total. The molecular formula is C11H21N3O2. The van der Waals surface area contributed by atoms with Gasteiger partial charge in [-0.2, -0.15) is 0 Å². The number of carbonyl (C=O) groups is 2. The number of urea groups is 1. The van der Waals surface area contributed by atoms with Gasteiger partial charge in [0.15, 0.2) is 5.78 Å². The number of hydrogen-bond acceptors (Lipinski definition) is 3. The Morgan fingerprint density at radius 3 is 2.69 bits per heavy atom. The summed E-state index contributed by atoms with van der Waals surface area (Å²) in [5.41, 5.74) is 0. The van der Waals surface area contributed by atoms with Crippen molar-refractivity contribution in [2.24, 2.45) is 0 Å². The molecule has 1 aliphatic rings. The van der Waals surface area contributed by atoms with Crippen molar-refractivity contribution in [3.8, 4) is 0 Å². The second kappa shape index (κ2) is 5.84. The summed E-state index contributed by atoms with van der Waals surface area (Å²) in [5.74, 6) is 0.0371. The first-order valence-corrected chi connectivity index (χ1v) is 5.85. The molecule has 0 aliphatic carbocycles. The van der Waals surface area contributed by atoms with Gasteiger partial charge in [0.2, 0.25) is 0 Å². The second-order valence-electron chi connectivity index (χ2n) is 4.16. The molecule has 0 radical (unpaired) electrons. The number of hydrogen-bond donors (Lipinski definition) is 2. The SMILES string of the molecule is CCCCC1NCC(C(C)=O)N1C(=O)NC. The highest BCUT2D eigenvalue weighted by Gasteiger charge is 2.38. The van der Waals surface area contributed by atoms with E-state index in [1.54, 1.807) is 11.9 Å². The molecule has 0 aromatic heterocycles. The zero-order chi connectivity index (χ0) is 12.1. The van der Waals surface area contributed by atoms with Crippen molar-refractivity contribution in [3.63, 3.8) is 0 Å². The fourth-order valence-electron chi connectivity index (χ4n) is 2.05. The average molecular weight is 227 g/mol. The van der Waals surface area contributed by atoms with Gasteiger partial charge in [-0.1, -0.05) is 19.8 Å². The summed E-state index contributed by atoms with van der Waals surface area (Å²) in [6.07, 6.45) is 3.03. The van der Waals surface area contributed by atoms with E-state index in [4.69, 9.17) is 0 Å². The van der Waals surface area contributed by atoms with Crippen molar-refractivity contribution in [2.75, 3.05) is 13.6 Å². The van der Waals surface area contributed by atoms with Gasteiger partial charge in [0, 0.05) is 13.6 Å². The minimum absolute atomic E-state index is 0.00574. The number of nitrogens with zero attached hydrogens (tertiary/aromatic N) is 1. The first-order valence-electron chi connectivity index (χ1n) is 5.85. The molecule has 1 fully saturated rings. The van der Waals surface area contributed by atoms with Crippen LogP contribution >= 0.6 is 0 Å². The van der Waals surface area contributed by atoms with E-state index in [1.165, 1.54) is 6.92 Å². The van der Waals surface area contributed by atoms with Gasteiger partial charge >= 0.3 is 6.03 Å². The number of Topliss-reactive ketones (excluding diaryl/α,β-unsaturated/α-hetero) is 1. The number of ketones is 1. The van der Waals surface area contributed by atoms with Crippen molar-refractivity contribution in [3.05, 3.63) is 0 Å². The van der Waals surface area contributed by atoms with E-state index < -0.39 is 0 Å². The van der Waals surface area contributed by atoms with Crippen molar-refractivity contribution >= 4 is 11.8 Å². The molecule has 0 aromatic rings. The molecule has 2 atom stereocenters. The third-order valence-corrected chi connectivity index (χ3v) is 2.97. The first kappa shape index (κ1) is 13.0. The van der Waals surface area contributed by atoms with Crippen LogP contribution in [0.5, 0.6) is 0 Å². The first-order chi connectivity index (χ1) is 7.61. The standard InChI is InChI=1S/C11H21N3O2/c1-4-5-6-10-13-7-9(8(2)15)14(10)11(16)12-3/h9-10,13H,4-7H2,1-3H3,(H,12,16). The van der Waals surface area contributed by atoms with Crippen LogP contribution in [-0.4, -0.2) is 42.5 Å². The highest BCUT2D eigenvalue weighted by Crippen LogP contribution is 2.17. The fraction of sp³-hybridized carbons (Fsp3) is 0.818. The Morgan fingerprint density at radius 2 is 2.19 bits per heavy atom. The lowest BCUT2D eigenvalue weighted by Gasteiger charge is -2.27. The number of rotatable bonds is 4. The zero-order valence-electron chi connectivity index (χ0n) is 10.2. The van der Waals surface area contributed by atoms with Crippen LogP contribution in [0.3, 0.4) is 0 Å². The molecular weight excluding hydrogens is 206 g/mol. The summed E-state index contributed by atoms with van der Waals surface area (Å²) >= 11 is 0. The van der Waals surface area contributed by atoms with Gasteiger partial charge in [0.05, 0.1) is 6.17 Å². The van der Waals surface area contributed by atoms with E-state index in [-0.39, 0.29) is 24.0 Å². The summed E-state index contributed by atoms with van der Waals surface area (Å²) in [6, 6.07) is -0.492. The Bertz CT molecular complexity index is 268. The highest BCUT2D eigenvalue weighted by atomic mass is 16.2. The Kier molecular flexibility index (Phi) is 4.73. The largest absolute Gasteiger partial charge is 0.341 e. The lowest BCUT2D eigenvalue weighted by molar-refractivity contribution is -0.120. The monoisotopic (exact) mass is 227 g/mol. The molecule has 2 unspecified atom stereocenters. The van der Waals surface area contributed by atoms with Gasteiger partial charge < -0.3 is 5.32 Å². The molecule has 1 heterocycles. The quantitative estimate of drug-likeness (QED) is 0.743. The molecule has 5 heteroatoms. The van der Waals surface area contributed by atoms with E-state index in [0.29, 0.717) is 6.54 Å². The predicted molar refractivity (Wildman–Crippen MR) is 62.1 cm³/mol. The molecule has 1 aliphatic heterocycles. The molecule has 0 aromatic carbocycles. The second-order valence-corrected chi connectivity index (χ2v) is 4.16. The minimum atomic E-state index is -0.318. The lowest BCUT2D eigenvalue weighted by Crippen LogP contribution is -2.49. The number of carbonyl (C=O) groups excluding carboxylic acids is 2. The van der Waals surface area contributed by atoms with Crippen molar-refractivity contribution < 1.29 is 9.59 Å². The molecule has 0 spiro atoms. The molecule has 16 heavy (non-hydrogen) atoms. The van der Waals surface area contributed by atoms with Gasteiger partial charge in [-0.3, -0.25) is 15.0 Å².